The first-order chi connectivity index (χ1) is 9.67. The molecule has 0 N–H and O–H groups in total. The lowest BCUT2D eigenvalue weighted by Crippen LogP contribution is -2.23. The van der Waals surface area contributed by atoms with Crippen molar-refractivity contribution in [3.8, 4) is 5.75 Å². The Morgan fingerprint density at radius 1 is 1.33 bits per heavy atom. The maximum atomic E-state index is 12.4. The van der Waals surface area contributed by atoms with Gasteiger partial charge in [0.1, 0.15) is 5.75 Å². The highest BCUT2D eigenvalue weighted by Gasteiger charge is 2.35. The van der Waals surface area contributed by atoms with Crippen LogP contribution in [-0.2, 0) is 4.74 Å². The van der Waals surface area contributed by atoms with Crippen LogP contribution in [0.25, 0.3) is 0 Å². The molecule has 1 aromatic carbocycles. The monoisotopic (exact) mass is 324 g/mol. The second-order valence-corrected chi connectivity index (χ2v) is 4.58. The molecule has 1 unspecified atom stereocenters. The molecular formula is C13H12ClF3O4. The van der Waals surface area contributed by atoms with E-state index in [0.29, 0.717) is 0 Å². The fourth-order valence-electron chi connectivity index (χ4n) is 1.57. The van der Waals surface area contributed by atoms with E-state index in [1.165, 1.54) is 19.9 Å². The maximum absolute atomic E-state index is 12.4. The number of halogens is 4. The predicted octanol–water partition coefficient (Wildman–Crippen LogP) is 3.57. The van der Waals surface area contributed by atoms with Gasteiger partial charge >= 0.3 is 12.3 Å². The van der Waals surface area contributed by atoms with Crippen LogP contribution < -0.4 is 4.74 Å². The number of alkyl halides is 4. The summed E-state index contributed by atoms with van der Waals surface area (Å²) in [4.78, 5) is 23.7. The van der Waals surface area contributed by atoms with Crippen LogP contribution in [-0.4, -0.2) is 30.1 Å². The molecule has 1 rings (SSSR count). The van der Waals surface area contributed by atoms with Crippen molar-refractivity contribution in [3.05, 3.63) is 29.3 Å². The van der Waals surface area contributed by atoms with Crippen LogP contribution >= 0.6 is 11.6 Å². The summed E-state index contributed by atoms with van der Waals surface area (Å²) in [6.07, 6.45) is -5.00. The molecule has 4 nitrogen and oxygen atoms in total. The van der Waals surface area contributed by atoms with E-state index in [9.17, 15) is 22.8 Å². The number of carbonyl (C=O) groups is 2. The van der Waals surface area contributed by atoms with Gasteiger partial charge in [0, 0.05) is 0 Å². The van der Waals surface area contributed by atoms with Gasteiger partial charge in [-0.15, -0.1) is 24.8 Å². The van der Waals surface area contributed by atoms with Crippen molar-refractivity contribution < 1.29 is 32.2 Å². The normalized spacial score (nSPS) is 12.7. The zero-order valence-corrected chi connectivity index (χ0v) is 11.9. The number of carbonyl (C=O) groups excluding carboxylic acids is 2. The van der Waals surface area contributed by atoms with Crippen molar-refractivity contribution >= 4 is 23.4 Å². The van der Waals surface area contributed by atoms with Crippen LogP contribution in [0, 0.1) is 0 Å². The fourth-order valence-corrected chi connectivity index (χ4v) is 1.68. The van der Waals surface area contributed by atoms with Gasteiger partial charge in [-0.3, -0.25) is 4.79 Å². The Bertz CT molecular complexity index is 541. The molecule has 8 heteroatoms. The van der Waals surface area contributed by atoms with E-state index in [4.69, 9.17) is 16.3 Å². The topological polar surface area (TPSA) is 52.6 Å². The molecule has 0 amide bonds. The lowest BCUT2D eigenvalue weighted by Gasteiger charge is -2.16. The van der Waals surface area contributed by atoms with E-state index >= 15 is 0 Å². The lowest BCUT2D eigenvalue weighted by atomic mass is 10.0. The van der Waals surface area contributed by atoms with Crippen LogP contribution in [0.2, 0.25) is 0 Å². The zero-order chi connectivity index (χ0) is 16.2. The number of esters is 1. The Morgan fingerprint density at radius 2 is 1.95 bits per heavy atom. The average molecular weight is 325 g/mol. The summed E-state index contributed by atoms with van der Waals surface area (Å²) >= 11 is 5.62. The minimum absolute atomic E-state index is 0.00719. The Hall–Kier alpha value is -1.76. The number of Topliss-reactive ketones (excluding diaryl/α,β-unsaturated/α-hetero) is 1. The molecule has 116 valence electrons. The first-order valence-corrected chi connectivity index (χ1v) is 6.35. The Morgan fingerprint density at radius 3 is 2.43 bits per heavy atom. The number of hydrogen-bond donors (Lipinski definition) is 0. The van der Waals surface area contributed by atoms with E-state index < -0.39 is 34.8 Å². The molecule has 0 radical (unpaired) electrons. The summed E-state index contributed by atoms with van der Waals surface area (Å²) in [5.41, 5.74) is -0.869. The molecule has 0 saturated heterocycles. The number of ketones is 1. The van der Waals surface area contributed by atoms with E-state index in [-0.39, 0.29) is 12.2 Å². The van der Waals surface area contributed by atoms with Gasteiger partial charge in [0.15, 0.2) is 5.78 Å². The number of benzene rings is 1. The molecule has 1 aromatic rings. The molecule has 0 saturated carbocycles. The highest BCUT2D eigenvalue weighted by molar-refractivity contribution is 6.34. The third kappa shape index (κ3) is 4.63. The molecule has 21 heavy (non-hydrogen) atoms. The fraction of sp³-hybridized carbons (Fsp3) is 0.385. The smallest absolute Gasteiger partial charge is 0.462 e. The Kier molecular flexibility index (Phi) is 5.60. The summed E-state index contributed by atoms with van der Waals surface area (Å²) in [7, 11) is 0. The summed E-state index contributed by atoms with van der Waals surface area (Å²) in [5.74, 6) is -2.57. The molecule has 1 atom stereocenters. The molecule has 0 bridgehead atoms. The van der Waals surface area contributed by atoms with E-state index in [2.05, 4.69) is 4.74 Å². The maximum Gasteiger partial charge on any atom is 0.573 e. The van der Waals surface area contributed by atoms with E-state index in [1.807, 2.05) is 0 Å². The molecular weight excluding hydrogens is 313 g/mol. The van der Waals surface area contributed by atoms with Crippen LogP contribution in [0.4, 0.5) is 13.2 Å². The molecule has 0 aliphatic heterocycles. The third-order valence-electron chi connectivity index (χ3n) is 2.35. The third-order valence-corrected chi connectivity index (χ3v) is 2.55. The standard InChI is InChI=1S/C13H12ClF3O4/c1-3-20-12(19)8-5-4-6-9(21-13(15,16)17)10(8)11(18)7(2)14/h4-7H,3H2,1-2H3. The van der Waals surface area contributed by atoms with Gasteiger partial charge < -0.3 is 9.47 Å². The van der Waals surface area contributed by atoms with Crippen molar-refractivity contribution in [2.24, 2.45) is 0 Å². The van der Waals surface area contributed by atoms with Crippen LogP contribution in [0.3, 0.4) is 0 Å². The average Bonchev–Trinajstić information content (AvgIpc) is 2.36. The summed E-state index contributed by atoms with van der Waals surface area (Å²) in [6.45, 7) is 2.82. The van der Waals surface area contributed by atoms with E-state index in [1.54, 1.807) is 0 Å². The Balaban J connectivity index is 3.41. The molecule has 0 aromatic heterocycles. The first-order valence-electron chi connectivity index (χ1n) is 5.91. The van der Waals surface area contributed by atoms with E-state index in [0.717, 1.165) is 12.1 Å². The molecule has 0 spiro atoms. The second kappa shape index (κ2) is 6.80. The van der Waals surface area contributed by atoms with Crippen molar-refractivity contribution in [3.63, 3.8) is 0 Å². The minimum Gasteiger partial charge on any atom is -0.462 e. The zero-order valence-electron chi connectivity index (χ0n) is 11.2. The predicted molar refractivity (Wildman–Crippen MR) is 68.7 cm³/mol. The van der Waals surface area contributed by atoms with Gasteiger partial charge in [-0.25, -0.2) is 4.79 Å². The molecule has 0 aliphatic carbocycles. The number of ether oxygens (including phenoxy) is 2. The largest absolute Gasteiger partial charge is 0.573 e. The van der Waals surface area contributed by atoms with Gasteiger partial charge in [0.25, 0.3) is 0 Å². The highest BCUT2D eigenvalue weighted by Crippen LogP contribution is 2.30. The molecule has 0 heterocycles. The van der Waals surface area contributed by atoms with Crippen molar-refractivity contribution in [2.75, 3.05) is 6.61 Å². The quantitative estimate of drug-likeness (QED) is 0.472. The highest BCUT2D eigenvalue weighted by atomic mass is 35.5. The molecule has 0 fully saturated rings. The van der Waals surface area contributed by atoms with Crippen molar-refractivity contribution in [2.45, 2.75) is 25.6 Å². The first kappa shape index (κ1) is 17.3. The van der Waals surface area contributed by atoms with Gasteiger partial charge in [0.2, 0.25) is 0 Å². The van der Waals surface area contributed by atoms with Gasteiger partial charge in [0.05, 0.1) is 23.1 Å². The summed E-state index contributed by atoms with van der Waals surface area (Å²) in [5, 5.41) is -1.13. The number of hydrogen-bond acceptors (Lipinski definition) is 4. The van der Waals surface area contributed by atoms with Gasteiger partial charge in [-0.1, -0.05) is 6.07 Å². The van der Waals surface area contributed by atoms with Crippen LogP contribution in [0.1, 0.15) is 34.6 Å². The summed E-state index contributed by atoms with van der Waals surface area (Å²) < 4.78 is 45.7. The lowest BCUT2D eigenvalue weighted by molar-refractivity contribution is -0.274. The van der Waals surface area contributed by atoms with Crippen molar-refractivity contribution in [1.82, 2.24) is 0 Å². The van der Waals surface area contributed by atoms with Crippen molar-refractivity contribution in [1.29, 1.82) is 0 Å². The van der Waals surface area contributed by atoms with Crippen LogP contribution in [0.15, 0.2) is 18.2 Å². The van der Waals surface area contributed by atoms with Gasteiger partial charge in [-0.2, -0.15) is 0 Å². The SMILES string of the molecule is CCOC(=O)c1cccc(OC(F)(F)F)c1C(=O)C(C)Cl. The molecule has 0 aliphatic rings. The minimum atomic E-state index is -5.00. The van der Waals surface area contributed by atoms with Gasteiger partial charge in [-0.05, 0) is 26.0 Å². The Labute approximate surface area is 123 Å². The number of rotatable bonds is 5. The van der Waals surface area contributed by atoms with Crippen LogP contribution in [0.5, 0.6) is 5.75 Å². The second-order valence-electron chi connectivity index (χ2n) is 3.93. The summed E-state index contributed by atoms with van der Waals surface area (Å²) in [6, 6.07) is 3.26.